The number of urea groups is 1. The van der Waals surface area contributed by atoms with Crippen LogP contribution in [0.4, 0.5) is 4.79 Å². The Labute approximate surface area is 616 Å². The van der Waals surface area contributed by atoms with Gasteiger partial charge in [-0.15, -0.1) is 0 Å². The molecular weight excluding hydrogens is 1370 g/mol. The number of piperazine rings is 1. The molecule has 3 aliphatic rings. The van der Waals surface area contributed by atoms with Gasteiger partial charge in [0.25, 0.3) is 0 Å². The number of rotatable bonds is 29. The van der Waals surface area contributed by atoms with Crippen molar-refractivity contribution in [2.75, 3.05) is 112 Å². The van der Waals surface area contributed by atoms with E-state index in [-0.39, 0.29) is 123 Å². The molecule has 106 heavy (non-hydrogen) atoms. The molecule has 0 bridgehead atoms. The van der Waals surface area contributed by atoms with Gasteiger partial charge in [-0.1, -0.05) is 105 Å². The number of ether oxygens (including phenoxy) is 2. The summed E-state index contributed by atoms with van der Waals surface area (Å²) in [6, 6.07) is 14.1. The predicted molar refractivity (Wildman–Crippen MR) is 389 cm³/mol. The van der Waals surface area contributed by atoms with Crippen molar-refractivity contribution in [2.45, 2.75) is 146 Å². The number of fused-ring (bicyclic) bond motifs is 2. The number of carboxylic acids is 2. The molecule has 12 amide bonds. The number of hydrogen-bond acceptors (Lipinski definition) is 18. The van der Waals surface area contributed by atoms with Crippen molar-refractivity contribution in [1.29, 1.82) is 0 Å². The van der Waals surface area contributed by atoms with Crippen LogP contribution < -0.4 is 58.9 Å². The van der Waals surface area contributed by atoms with Gasteiger partial charge < -0.3 is 98.3 Å². The number of carbonyl (C=O) groups excluding carboxylic acids is 11. The number of likely N-dealkylation sites (N-methyl/N-ethyl adjacent to an activating group) is 1. The Morgan fingerprint density at radius 3 is 2.02 bits per heavy atom. The zero-order valence-electron chi connectivity index (χ0n) is 60.4. The van der Waals surface area contributed by atoms with Gasteiger partial charge in [-0.2, -0.15) is 0 Å². The van der Waals surface area contributed by atoms with Gasteiger partial charge in [-0.25, -0.2) is 4.79 Å². The molecule has 33 nitrogen and oxygen atoms in total. The smallest absolute Gasteiger partial charge is 0.317 e. The van der Waals surface area contributed by atoms with Crippen LogP contribution >= 0.6 is 0 Å². The second kappa shape index (κ2) is 44.0. The number of nitrogens with one attached hydrogen (secondary N) is 11. The van der Waals surface area contributed by atoms with E-state index in [9.17, 15) is 63.0 Å². The first-order valence-corrected chi connectivity index (χ1v) is 36.4. The number of nitrogens with zero attached hydrogens (tertiary/aromatic N) is 4. The minimum atomic E-state index is -1.77. The Hall–Kier alpha value is -10.1. The maximum absolute atomic E-state index is 15.3. The molecule has 0 spiro atoms. The first-order chi connectivity index (χ1) is 51.1. The van der Waals surface area contributed by atoms with Crippen molar-refractivity contribution in [3.63, 3.8) is 0 Å². The van der Waals surface area contributed by atoms with Gasteiger partial charge in [0.15, 0.2) is 0 Å². The second-order valence-electron chi connectivity index (χ2n) is 26.7. The zero-order chi connectivity index (χ0) is 76.3. The molecule has 7 rings (SSSR count). The van der Waals surface area contributed by atoms with Crippen molar-refractivity contribution >= 4 is 87.9 Å². The summed E-state index contributed by atoms with van der Waals surface area (Å²) in [5.74, 6) is -9.92. The van der Waals surface area contributed by atoms with Crippen LogP contribution in [0.1, 0.15) is 99.8 Å². The quantitative estimate of drug-likeness (QED) is 0.0287. The molecule has 4 aromatic rings. The van der Waals surface area contributed by atoms with E-state index < -0.39 is 139 Å². The highest BCUT2D eigenvalue weighted by Crippen LogP contribution is 2.22. The summed E-state index contributed by atoms with van der Waals surface area (Å²) in [5.41, 5.74) is 8.95. The summed E-state index contributed by atoms with van der Waals surface area (Å²) in [5, 5.41) is 48.1. The highest BCUT2D eigenvalue weighted by Gasteiger charge is 2.40. The minimum Gasteiger partial charge on any atom is -0.481 e. The number of nitrogens with two attached hydrogens (primary N) is 1. The molecule has 0 unspecified atom stereocenters. The molecule has 4 heterocycles. The summed E-state index contributed by atoms with van der Waals surface area (Å²) >= 11 is 0. The van der Waals surface area contributed by atoms with E-state index in [1.54, 1.807) is 70.6 Å². The monoisotopic (exact) mass is 1480 g/mol. The highest BCUT2D eigenvalue weighted by atomic mass is 16.5. The molecule has 578 valence electrons. The fraction of sp³-hybridized carbons (Fsp3) is 0.548. The van der Waals surface area contributed by atoms with E-state index in [0.717, 1.165) is 45.5 Å². The summed E-state index contributed by atoms with van der Waals surface area (Å²) < 4.78 is 10.7. The van der Waals surface area contributed by atoms with Gasteiger partial charge in [-0.05, 0) is 73.3 Å². The molecule has 0 aliphatic carbocycles. The number of benzene rings is 3. The summed E-state index contributed by atoms with van der Waals surface area (Å²) in [6.07, 6.45) is 5.07. The molecule has 3 saturated heterocycles. The predicted octanol–water partition coefficient (Wildman–Crippen LogP) is -1.09. The molecule has 0 saturated carbocycles. The second-order valence-corrected chi connectivity index (χ2v) is 26.7. The Morgan fingerprint density at radius 1 is 0.604 bits per heavy atom. The van der Waals surface area contributed by atoms with Crippen LogP contribution in [0.25, 0.3) is 10.9 Å². The summed E-state index contributed by atoms with van der Waals surface area (Å²) in [4.78, 5) is 188. The zero-order valence-corrected chi connectivity index (χ0v) is 60.4. The third kappa shape index (κ3) is 27.8. The number of carboxylic acid groups (broad SMARTS) is 2. The third-order valence-corrected chi connectivity index (χ3v) is 18.6. The van der Waals surface area contributed by atoms with Crippen LogP contribution in [-0.2, 0) is 92.8 Å². The number of aliphatic carboxylic acids is 2. The molecule has 15 N–H and O–H groups in total. The van der Waals surface area contributed by atoms with Crippen molar-refractivity contribution in [3.05, 3.63) is 107 Å². The van der Waals surface area contributed by atoms with Gasteiger partial charge >= 0.3 is 18.0 Å². The number of aromatic amines is 1. The molecule has 33 heteroatoms. The van der Waals surface area contributed by atoms with Crippen LogP contribution in [0.3, 0.4) is 0 Å². The molecule has 3 aliphatic heterocycles. The van der Waals surface area contributed by atoms with Crippen molar-refractivity contribution in [3.8, 4) is 0 Å². The number of hydrogen-bond donors (Lipinski definition) is 14. The van der Waals surface area contributed by atoms with E-state index in [2.05, 4.69) is 65.1 Å². The maximum Gasteiger partial charge on any atom is 0.317 e. The lowest BCUT2D eigenvalue weighted by atomic mass is 10.00. The van der Waals surface area contributed by atoms with Crippen LogP contribution in [0.2, 0.25) is 0 Å². The van der Waals surface area contributed by atoms with Crippen LogP contribution in [0, 0.1) is 0 Å². The Balaban J connectivity index is 1.18. The SMILES string of the molecule is CCCCCC[C@H]1CN[C@@H](Cc2c[nH]c3ccccc23)C(=O)NCC(=O)N[C@@H](CCCCNC(=O)N2CCN(CC(=O)O)CC2)C(=O)N[C@@H](CC(=O)O)C(=O)N2CCC[C@@H]2C(=O)NCC(=O)NCC(=O)N(C)[C@@H](Cc2ccccc2)C(=O)N[C@@H](Cc2ccc(CNC(=O)COCCOCCN)cc2)C(=O)N1. The Bertz CT molecular complexity index is 3590. The van der Waals surface area contributed by atoms with Crippen LogP contribution in [0.5, 0.6) is 0 Å². The molecule has 3 fully saturated rings. The lowest BCUT2D eigenvalue weighted by Crippen LogP contribution is -2.59. The van der Waals surface area contributed by atoms with Crippen molar-refractivity contribution < 1.29 is 82.0 Å². The van der Waals surface area contributed by atoms with Crippen LogP contribution in [-0.4, -0.2) is 266 Å². The van der Waals surface area contributed by atoms with Crippen LogP contribution in [0.15, 0.2) is 85.1 Å². The number of H-pyrrole nitrogens is 1. The van der Waals surface area contributed by atoms with Gasteiger partial charge in [0.2, 0.25) is 59.1 Å². The van der Waals surface area contributed by atoms with E-state index in [1.807, 2.05) is 24.3 Å². The van der Waals surface area contributed by atoms with Gasteiger partial charge in [0.1, 0.15) is 36.8 Å². The highest BCUT2D eigenvalue weighted by molar-refractivity contribution is 5.98. The maximum atomic E-state index is 15.3. The summed E-state index contributed by atoms with van der Waals surface area (Å²) in [6.45, 7) is 2.38. The molecule has 1 aromatic heterocycles. The molecule has 7 atom stereocenters. The standard InChI is InChI=1S/C73H104N16O17/c1-3-4-5-9-17-52-42-77-56(38-51-41-76-54-19-11-10-18-53(51)54)67(98)80-44-62(91)83-55(20-12-13-27-75-73(104)88-31-29-87(30-32-88)46-66(96)97)68(99)85-58(39-65(94)95)72(103)89-28-14-21-59(89)70(101)81-43-61(90)79-45-64(93)86(2)60(37-48-15-7-6-8-16-48)71(102)84-57(69(100)82-52)36-49-22-24-50(25-23-49)40-78-63(92)47-106-35-34-105-33-26-74/h6-8,10-11,15-16,18-19,22-25,41,52,55-60,76-77H,3-5,9,12-14,17,20-21,26-40,42-47,74H2,1-2H3,(H,75,104)(H,78,92)(H,79,90)(H,80,98)(H,81,101)(H,82,100)(H,83,91)(H,84,102)(H,85,99)(H,94,95)(H,96,97)/t52-,55-,56-,57-,58-,59+,60-/m0/s1. The topological polar surface area (TPSA) is 456 Å². The number of amides is 12. The van der Waals surface area contributed by atoms with E-state index in [1.165, 1.54) is 7.05 Å². The average molecular weight is 1480 g/mol. The lowest BCUT2D eigenvalue weighted by Gasteiger charge is -2.33. The largest absolute Gasteiger partial charge is 0.481 e. The number of aromatic nitrogens is 1. The molecule has 3 aromatic carbocycles. The molecular formula is C73H104N16O17. The minimum absolute atomic E-state index is 0.0114. The third-order valence-electron chi connectivity index (χ3n) is 18.6. The first kappa shape index (κ1) is 83.2. The summed E-state index contributed by atoms with van der Waals surface area (Å²) in [7, 11) is 1.38. The fourth-order valence-corrected chi connectivity index (χ4v) is 12.7. The number of para-hydroxylation sites is 1. The van der Waals surface area contributed by atoms with Gasteiger partial charge in [0, 0.05) is 102 Å². The average Bonchev–Trinajstić information content (AvgIpc) is 1.67. The van der Waals surface area contributed by atoms with E-state index in [0.29, 0.717) is 55.8 Å². The first-order valence-electron chi connectivity index (χ1n) is 36.4. The normalized spacial score (nSPS) is 21.3. The van der Waals surface area contributed by atoms with E-state index >= 15 is 9.59 Å². The van der Waals surface area contributed by atoms with Crippen molar-refractivity contribution in [2.24, 2.45) is 5.73 Å². The lowest BCUT2D eigenvalue weighted by molar-refractivity contribution is -0.146. The Kier molecular flexibility index (Phi) is 34.5. The van der Waals surface area contributed by atoms with Gasteiger partial charge in [-0.3, -0.25) is 62.4 Å². The molecule has 0 radical (unpaired) electrons. The van der Waals surface area contributed by atoms with E-state index in [4.69, 9.17) is 15.2 Å². The fourth-order valence-electron chi connectivity index (χ4n) is 12.7. The number of carbonyl (C=O) groups is 13. The Morgan fingerprint density at radius 2 is 1.28 bits per heavy atom. The van der Waals surface area contributed by atoms with Crippen molar-refractivity contribution in [1.82, 2.24) is 77.8 Å². The van der Waals surface area contributed by atoms with Gasteiger partial charge in [0.05, 0.1) is 58.5 Å². The number of unbranched alkanes of at least 4 members (excludes halogenated alkanes) is 4.